The second-order valence-corrected chi connectivity index (χ2v) is 6.41. The van der Waals surface area contributed by atoms with E-state index < -0.39 is 0 Å². The number of hydrogen-bond donors (Lipinski definition) is 2. The maximum absolute atomic E-state index is 12.1. The fraction of sp³-hybridized carbons (Fsp3) is 0.353. The lowest BCUT2D eigenvalue weighted by Crippen LogP contribution is -2.16. The molecule has 0 aliphatic heterocycles. The lowest BCUT2D eigenvalue weighted by atomic mass is 10.1. The first-order valence-corrected chi connectivity index (χ1v) is 8.56. The second kappa shape index (κ2) is 7.97. The van der Waals surface area contributed by atoms with E-state index >= 15 is 0 Å². The number of aromatic amines is 1. The van der Waals surface area contributed by atoms with Gasteiger partial charge < -0.3 is 10.3 Å². The molecule has 1 heterocycles. The minimum absolute atomic E-state index is 0.120. The molecule has 0 spiro atoms. The number of nitrogens with one attached hydrogen (secondary N) is 2. The minimum Gasteiger partial charge on any atom is -0.325 e. The number of rotatable bonds is 6. The van der Waals surface area contributed by atoms with Gasteiger partial charge in [0.05, 0.1) is 5.75 Å². The monoisotopic (exact) mass is 331 g/mol. The van der Waals surface area contributed by atoms with Crippen molar-refractivity contribution < 1.29 is 4.79 Å². The number of carbonyl (C=O) groups excluding carboxylic acids is 1. The third-order valence-electron chi connectivity index (χ3n) is 3.28. The summed E-state index contributed by atoms with van der Waals surface area (Å²) in [7, 11) is 0. The van der Waals surface area contributed by atoms with Crippen molar-refractivity contribution >= 4 is 23.4 Å². The lowest BCUT2D eigenvalue weighted by molar-refractivity contribution is -0.113. The normalized spacial score (nSPS) is 10.6. The van der Waals surface area contributed by atoms with Crippen LogP contribution in [0.3, 0.4) is 0 Å². The van der Waals surface area contributed by atoms with Crippen molar-refractivity contribution in [2.75, 3.05) is 11.1 Å². The Morgan fingerprint density at radius 2 is 2.09 bits per heavy atom. The number of hydrogen-bond acceptors (Lipinski definition) is 4. The Labute approximate surface area is 139 Å². The van der Waals surface area contributed by atoms with Crippen molar-refractivity contribution in [3.05, 3.63) is 51.4 Å². The van der Waals surface area contributed by atoms with Crippen molar-refractivity contribution in [2.45, 2.75) is 38.8 Å². The molecule has 0 fully saturated rings. The summed E-state index contributed by atoms with van der Waals surface area (Å²) in [6.45, 7) is 6.01. The molecule has 1 amide bonds. The van der Waals surface area contributed by atoms with Crippen LogP contribution < -0.4 is 10.9 Å². The zero-order chi connectivity index (χ0) is 16.8. The molecule has 0 radical (unpaired) electrons. The Morgan fingerprint density at radius 3 is 2.78 bits per heavy atom. The molecular formula is C17H21N3O2S. The topological polar surface area (TPSA) is 74.8 Å². The van der Waals surface area contributed by atoms with E-state index in [1.807, 2.05) is 39.0 Å². The quantitative estimate of drug-likeness (QED) is 0.630. The summed E-state index contributed by atoms with van der Waals surface area (Å²) in [5, 5.41) is 3.37. The Morgan fingerprint density at radius 1 is 1.30 bits per heavy atom. The molecule has 6 heteroatoms. The molecule has 2 N–H and O–H groups in total. The van der Waals surface area contributed by atoms with Crippen LogP contribution in [0.15, 0.2) is 34.2 Å². The van der Waals surface area contributed by atoms with E-state index in [1.54, 1.807) is 0 Å². The van der Waals surface area contributed by atoms with Crippen LogP contribution in [0.1, 0.15) is 30.2 Å². The van der Waals surface area contributed by atoms with Crippen LogP contribution in [0.25, 0.3) is 0 Å². The van der Waals surface area contributed by atoms with Gasteiger partial charge >= 0.3 is 0 Å². The molecule has 2 aromatic rings. The fourth-order valence-corrected chi connectivity index (χ4v) is 2.90. The third-order valence-corrected chi connectivity index (χ3v) is 4.15. The number of aromatic nitrogens is 2. The molecular weight excluding hydrogens is 310 g/mol. The number of thioether (sulfide) groups is 1. The number of aryl methyl sites for hydroxylation is 3. The zero-order valence-electron chi connectivity index (χ0n) is 13.6. The molecule has 0 bridgehead atoms. The Hall–Kier alpha value is -2.08. The number of carbonyl (C=O) groups is 1. The second-order valence-electron chi connectivity index (χ2n) is 5.45. The van der Waals surface area contributed by atoms with Crippen LogP contribution in [-0.4, -0.2) is 21.6 Å². The molecule has 1 aromatic heterocycles. The van der Waals surface area contributed by atoms with Gasteiger partial charge in [-0.1, -0.05) is 42.8 Å². The summed E-state index contributed by atoms with van der Waals surface area (Å²) in [5.74, 6) is 0.0803. The smallest absolute Gasteiger partial charge is 0.251 e. The molecule has 23 heavy (non-hydrogen) atoms. The van der Waals surface area contributed by atoms with Crippen molar-refractivity contribution in [3.63, 3.8) is 0 Å². The molecule has 0 aliphatic carbocycles. The summed E-state index contributed by atoms with van der Waals surface area (Å²) in [5.41, 5.74) is 3.57. The van der Waals surface area contributed by atoms with Gasteiger partial charge in [-0.3, -0.25) is 9.59 Å². The molecule has 0 saturated carbocycles. The van der Waals surface area contributed by atoms with E-state index in [1.165, 1.54) is 17.8 Å². The van der Waals surface area contributed by atoms with Crippen LogP contribution in [0.2, 0.25) is 0 Å². The van der Waals surface area contributed by atoms with Crippen LogP contribution >= 0.6 is 11.8 Å². The van der Waals surface area contributed by atoms with Gasteiger partial charge in [0.15, 0.2) is 5.16 Å². The maximum atomic E-state index is 12.1. The Bertz CT molecular complexity index is 756. The summed E-state index contributed by atoms with van der Waals surface area (Å²) in [6, 6.07) is 7.39. The molecule has 2 rings (SSSR count). The number of anilines is 1. The SMILES string of the molecule is CCCc1cc(=O)[nH]c(SCC(=O)Nc2ccc(C)cc2C)n1. The van der Waals surface area contributed by atoms with Crippen molar-refractivity contribution in [3.8, 4) is 0 Å². The Balaban J connectivity index is 1.97. The first kappa shape index (κ1) is 17.3. The van der Waals surface area contributed by atoms with Gasteiger partial charge in [-0.2, -0.15) is 0 Å². The van der Waals surface area contributed by atoms with E-state index in [-0.39, 0.29) is 17.2 Å². The number of H-pyrrole nitrogens is 1. The largest absolute Gasteiger partial charge is 0.325 e. The predicted octanol–water partition coefficient (Wildman–Crippen LogP) is 3.07. The first-order chi connectivity index (χ1) is 11.0. The van der Waals surface area contributed by atoms with Crippen molar-refractivity contribution in [2.24, 2.45) is 0 Å². The highest BCUT2D eigenvalue weighted by Crippen LogP contribution is 2.17. The average Bonchev–Trinajstić information content (AvgIpc) is 2.48. The van der Waals surface area contributed by atoms with E-state index in [9.17, 15) is 9.59 Å². The van der Waals surface area contributed by atoms with Gasteiger partial charge in [-0.25, -0.2) is 4.98 Å². The third kappa shape index (κ3) is 5.25. The van der Waals surface area contributed by atoms with Crippen molar-refractivity contribution in [1.82, 2.24) is 9.97 Å². The lowest BCUT2D eigenvalue weighted by Gasteiger charge is -2.09. The molecule has 1 aromatic carbocycles. The van der Waals surface area contributed by atoms with Gasteiger partial charge in [0.25, 0.3) is 5.56 Å². The molecule has 5 nitrogen and oxygen atoms in total. The summed E-state index contributed by atoms with van der Waals surface area (Å²) < 4.78 is 0. The highest BCUT2D eigenvalue weighted by Gasteiger charge is 2.08. The molecule has 0 saturated heterocycles. The van der Waals surface area contributed by atoms with Crippen LogP contribution in [-0.2, 0) is 11.2 Å². The summed E-state index contributed by atoms with van der Waals surface area (Å²) in [4.78, 5) is 30.7. The standard InChI is InChI=1S/C17H21N3O2S/c1-4-5-13-9-15(21)20-17(18-13)23-10-16(22)19-14-7-6-11(2)8-12(14)3/h6-9H,4-5,10H2,1-3H3,(H,19,22)(H,18,20,21). The van der Waals surface area contributed by atoms with Gasteiger partial charge in [-0.15, -0.1) is 0 Å². The molecule has 0 aliphatic rings. The van der Waals surface area contributed by atoms with E-state index in [2.05, 4.69) is 15.3 Å². The zero-order valence-corrected chi connectivity index (χ0v) is 14.4. The number of amides is 1. The van der Waals surface area contributed by atoms with Gasteiger partial charge in [0, 0.05) is 17.4 Å². The van der Waals surface area contributed by atoms with Crippen LogP contribution in [0, 0.1) is 13.8 Å². The average molecular weight is 331 g/mol. The highest BCUT2D eigenvalue weighted by molar-refractivity contribution is 7.99. The Kier molecular flexibility index (Phi) is 5.98. The summed E-state index contributed by atoms with van der Waals surface area (Å²) >= 11 is 1.23. The summed E-state index contributed by atoms with van der Waals surface area (Å²) in [6.07, 6.45) is 1.68. The van der Waals surface area contributed by atoms with E-state index in [0.29, 0.717) is 5.16 Å². The molecule has 0 atom stereocenters. The first-order valence-electron chi connectivity index (χ1n) is 7.58. The van der Waals surface area contributed by atoms with Crippen molar-refractivity contribution in [1.29, 1.82) is 0 Å². The number of benzene rings is 1. The van der Waals surface area contributed by atoms with Gasteiger partial charge in [0.1, 0.15) is 0 Å². The fourth-order valence-electron chi connectivity index (χ4n) is 2.21. The van der Waals surface area contributed by atoms with Gasteiger partial charge in [-0.05, 0) is 31.9 Å². The van der Waals surface area contributed by atoms with Gasteiger partial charge in [0.2, 0.25) is 5.91 Å². The predicted molar refractivity (Wildman–Crippen MR) is 94.1 cm³/mol. The maximum Gasteiger partial charge on any atom is 0.251 e. The van der Waals surface area contributed by atoms with E-state index in [0.717, 1.165) is 35.3 Å². The van der Waals surface area contributed by atoms with Crippen LogP contribution in [0.5, 0.6) is 0 Å². The molecule has 0 unspecified atom stereocenters. The highest BCUT2D eigenvalue weighted by atomic mass is 32.2. The number of nitrogens with zero attached hydrogens (tertiary/aromatic N) is 1. The van der Waals surface area contributed by atoms with Crippen LogP contribution in [0.4, 0.5) is 5.69 Å². The molecule has 122 valence electrons. The minimum atomic E-state index is -0.180. The van der Waals surface area contributed by atoms with E-state index in [4.69, 9.17) is 0 Å².